The highest BCUT2D eigenvalue weighted by atomic mass is 16.2. The number of rotatable bonds is 23. The molecule has 0 aromatic heterocycles. The van der Waals surface area contributed by atoms with E-state index < -0.39 is 0 Å². The highest BCUT2D eigenvalue weighted by Crippen LogP contribution is 2.12. The van der Waals surface area contributed by atoms with Crippen molar-refractivity contribution in [2.75, 3.05) is 17.2 Å². The van der Waals surface area contributed by atoms with Crippen LogP contribution in [-0.2, 0) is 19.2 Å². The molecule has 4 amide bonds. The van der Waals surface area contributed by atoms with E-state index in [-0.39, 0.29) is 29.7 Å². The Bertz CT molecular complexity index is 1060. The lowest BCUT2D eigenvalue weighted by Gasteiger charge is -2.15. The summed E-state index contributed by atoms with van der Waals surface area (Å²) in [6.45, 7) is 2.35. The van der Waals surface area contributed by atoms with Gasteiger partial charge in [0.2, 0.25) is 23.6 Å². The Balaban J connectivity index is 1.34. The fourth-order valence-electron chi connectivity index (χ4n) is 4.80. The molecule has 0 radical (unpaired) electrons. The summed E-state index contributed by atoms with van der Waals surface area (Å²) in [5.74, 6) is 0.158. The van der Waals surface area contributed by atoms with Crippen molar-refractivity contribution in [3.8, 4) is 0 Å². The number of benzene rings is 2. The Kier molecular flexibility index (Phi) is 18.9. The summed E-state index contributed by atoms with van der Waals surface area (Å²) in [6, 6.07) is 18.9. The van der Waals surface area contributed by atoms with Gasteiger partial charge in [0, 0.05) is 49.6 Å². The maximum atomic E-state index is 12.2. The van der Waals surface area contributed by atoms with Crippen LogP contribution in [0.1, 0.15) is 110 Å². The molecule has 4 N–H and O–H groups in total. The van der Waals surface area contributed by atoms with E-state index in [1.54, 1.807) is 0 Å². The summed E-state index contributed by atoms with van der Waals surface area (Å²) >= 11 is 0. The summed E-state index contributed by atoms with van der Waals surface area (Å²) in [7, 11) is 0. The van der Waals surface area contributed by atoms with Crippen LogP contribution < -0.4 is 21.3 Å². The van der Waals surface area contributed by atoms with E-state index in [0.29, 0.717) is 32.2 Å². The number of carbonyl (C=O) groups is 4. The summed E-state index contributed by atoms with van der Waals surface area (Å²) in [6.07, 6.45) is 13.8. The largest absolute Gasteiger partial charge is 0.354 e. The minimum atomic E-state index is -0.0995. The van der Waals surface area contributed by atoms with Crippen molar-refractivity contribution in [1.82, 2.24) is 10.6 Å². The van der Waals surface area contributed by atoms with Gasteiger partial charge in [-0.3, -0.25) is 19.2 Å². The summed E-state index contributed by atoms with van der Waals surface area (Å²) in [4.78, 5) is 48.3. The van der Waals surface area contributed by atoms with E-state index >= 15 is 0 Å². The quantitative estimate of drug-likeness (QED) is 0.103. The zero-order valence-corrected chi connectivity index (χ0v) is 26.0. The molecule has 2 aromatic carbocycles. The standard InChI is InChI=1S/C35H52N4O4/c1-29(37-33(41)25-17-7-4-5-9-19-27-35(43)39-31-22-14-11-15-23-31)28-36-32(40)24-16-6-2-3-8-18-26-34(42)38-30-20-12-10-13-21-30/h10-15,20-23,29H,2-9,16-19,24-28H2,1H3,(H,36,40)(H,37,41)(H,38,42)(H,39,43). The van der Waals surface area contributed by atoms with Crippen LogP contribution in [0.4, 0.5) is 11.4 Å². The topological polar surface area (TPSA) is 116 Å². The average molecular weight is 593 g/mol. The van der Waals surface area contributed by atoms with Crippen LogP contribution in [0.2, 0.25) is 0 Å². The zero-order chi connectivity index (χ0) is 31.0. The fourth-order valence-corrected chi connectivity index (χ4v) is 4.80. The number of hydrogen-bond acceptors (Lipinski definition) is 4. The van der Waals surface area contributed by atoms with Crippen LogP contribution in [0.5, 0.6) is 0 Å². The zero-order valence-electron chi connectivity index (χ0n) is 26.0. The maximum absolute atomic E-state index is 12.2. The fraction of sp³-hybridized carbons (Fsp3) is 0.543. The first kappa shape index (κ1) is 35.5. The molecule has 0 fully saturated rings. The molecule has 0 bridgehead atoms. The van der Waals surface area contributed by atoms with Gasteiger partial charge in [-0.25, -0.2) is 0 Å². The molecule has 0 spiro atoms. The van der Waals surface area contributed by atoms with Crippen molar-refractivity contribution < 1.29 is 19.2 Å². The number of unbranched alkanes of at least 4 members (excludes halogenated alkanes) is 10. The minimum absolute atomic E-state index is 0.0243. The van der Waals surface area contributed by atoms with Gasteiger partial charge in [-0.1, -0.05) is 87.8 Å². The summed E-state index contributed by atoms with van der Waals surface area (Å²) in [5.41, 5.74) is 1.67. The van der Waals surface area contributed by atoms with Gasteiger partial charge >= 0.3 is 0 Å². The van der Waals surface area contributed by atoms with E-state index in [1.165, 1.54) is 0 Å². The number of amides is 4. The predicted octanol–water partition coefficient (Wildman–Crippen LogP) is 7.13. The molecule has 8 nitrogen and oxygen atoms in total. The third kappa shape index (κ3) is 19.2. The Morgan fingerprint density at radius 1 is 0.488 bits per heavy atom. The first-order chi connectivity index (χ1) is 20.9. The van der Waals surface area contributed by atoms with Crippen molar-refractivity contribution in [2.24, 2.45) is 0 Å². The highest BCUT2D eigenvalue weighted by molar-refractivity contribution is 5.91. The number of carbonyl (C=O) groups excluding carboxylic acids is 4. The molecule has 0 aliphatic rings. The molecule has 0 heterocycles. The van der Waals surface area contributed by atoms with E-state index in [2.05, 4.69) is 21.3 Å². The SMILES string of the molecule is CC(CNC(=O)CCCCCCCCC(=O)Nc1ccccc1)NC(=O)CCCCCCCCC(=O)Nc1ccccc1. The van der Waals surface area contributed by atoms with E-state index in [4.69, 9.17) is 0 Å². The third-order valence-electron chi connectivity index (χ3n) is 7.24. The average Bonchev–Trinajstić information content (AvgIpc) is 2.99. The van der Waals surface area contributed by atoms with Crippen molar-refractivity contribution in [2.45, 2.75) is 116 Å². The molecule has 0 saturated heterocycles. The smallest absolute Gasteiger partial charge is 0.224 e. The molecule has 1 unspecified atom stereocenters. The molecule has 1 atom stereocenters. The van der Waals surface area contributed by atoms with Gasteiger partial charge in [-0.15, -0.1) is 0 Å². The van der Waals surface area contributed by atoms with Crippen molar-refractivity contribution in [1.29, 1.82) is 0 Å². The molecule has 0 aliphatic heterocycles. The molecule has 0 saturated carbocycles. The Labute approximate surface area is 258 Å². The lowest BCUT2D eigenvalue weighted by Crippen LogP contribution is -2.41. The second-order valence-electron chi connectivity index (χ2n) is 11.3. The van der Waals surface area contributed by atoms with E-state index in [1.807, 2.05) is 67.6 Å². The van der Waals surface area contributed by atoms with Gasteiger partial charge in [0.05, 0.1) is 0 Å². The van der Waals surface area contributed by atoms with Gasteiger partial charge < -0.3 is 21.3 Å². The van der Waals surface area contributed by atoms with E-state index in [9.17, 15) is 19.2 Å². The van der Waals surface area contributed by atoms with Gasteiger partial charge in [0.25, 0.3) is 0 Å². The molecule has 0 aliphatic carbocycles. The maximum Gasteiger partial charge on any atom is 0.224 e. The van der Waals surface area contributed by atoms with Crippen LogP contribution >= 0.6 is 0 Å². The van der Waals surface area contributed by atoms with Crippen LogP contribution in [0.25, 0.3) is 0 Å². The van der Waals surface area contributed by atoms with Crippen molar-refractivity contribution in [3.63, 3.8) is 0 Å². The minimum Gasteiger partial charge on any atom is -0.354 e. The normalized spacial score (nSPS) is 11.4. The summed E-state index contributed by atoms with van der Waals surface area (Å²) in [5, 5.41) is 11.7. The second-order valence-corrected chi connectivity index (χ2v) is 11.3. The number of para-hydroxylation sites is 2. The van der Waals surface area contributed by atoms with Gasteiger partial charge in [0.1, 0.15) is 0 Å². The van der Waals surface area contributed by atoms with Gasteiger partial charge in [-0.2, -0.15) is 0 Å². The first-order valence-corrected chi connectivity index (χ1v) is 16.2. The van der Waals surface area contributed by atoms with E-state index in [0.717, 1.165) is 88.4 Å². The third-order valence-corrected chi connectivity index (χ3v) is 7.24. The number of hydrogen-bond donors (Lipinski definition) is 4. The Morgan fingerprint density at radius 2 is 0.837 bits per heavy atom. The van der Waals surface area contributed by atoms with Crippen LogP contribution in [0, 0.1) is 0 Å². The molecule has 43 heavy (non-hydrogen) atoms. The number of nitrogens with one attached hydrogen (secondary N) is 4. The van der Waals surface area contributed by atoms with Crippen LogP contribution in [0.3, 0.4) is 0 Å². The molecule has 2 rings (SSSR count). The monoisotopic (exact) mass is 592 g/mol. The molecule has 2 aromatic rings. The second kappa shape index (κ2) is 22.9. The molecule has 236 valence electrons. The van der Waals surface area contributed by atoms with Crippen molar-refractivity contribution in [3.05, 3.63) is 60.7 Å². The van der Waals surface area contributed by atoms with Crippen molar-refractivity contribution >= 4 is 35.0 Å². The van der Waals surface area contributed by atoms with Crippen LogP contribution in [-0.4, -0.2) is 36.2 Å². The predicted molar refractivity (Wildman–Crippen MR) is 175 cm³/mol. The highest BCUT2D eigenvalue weighted by Gasteiger charge is 2.09. The lowest BCUT2D eigenvalue weighted by atomic mass is 10.1. The van der Waals surface area contributed by atoms with Gasteiger partial charge in [-0.05, 0) is 56.9 Å². The molecule has 8 heteroatoms. The first-order valence-electron chi connectivity index (χ1n) is 16.2. The van der Waals surface area contributed by atoms with Crippen LogP contribution in [0.15, 0.2) is 60.7 Å². The lowest BCUT2D eigenvalue weighted by molar-refractivity contribution is -0.123. The van der Waals surface area contributed by atoms with Gasteiger partial charge in [0.15, 0.2) is 0 Å². The summed E-state index contributed by atoms with van der Waals surface area (Å²) < 4.78 is 0. The Hall–Kier alpha value is -3.68. The Morgan fingerprint density at radius 3 is 1.26 bits per heavy atom. The molecular formula is C35H52N4O4. The molecular weight excluding hydrogens is 540 g/mol. The number of anilines is 2.